The number of fused-ring (bicyclic) bond motifs is 1. The third-order valence-corrected chi connectivity index (χ3v) is 5.38. The van der Waals surface area contributed by atoms with E-state index < -0.39 is 23.2 Å². The fourth-order valence-corrected chi connectivity index (χ4v) is 3.93. The van der Waals surface area contributed by atoms with E-state index in [0.717, 1.165) is 18.4 Å². The van der Waals surface area contributed by atoms with E-state index in [-0.39, 0.29) is 16.9 Å². The van der Waals surface area contributed by atoms with E-state index in [1.807, 2.05) is 0 Å². The molecule has 1 aliphatic heterocycles. The maximum atomic E-state index is 13.2. The first kappa shape index (κ1) is 17.4. The lowest BCUT2D eigenvalue weighted by Gasteiger charge is -2.28. The summed E-state index contributed by atoms with van der Waals surface area (Å²) in [6.07, 6.45) is 3.31. The topological polar surface area (TPSA) is 63.7 Å². The Bertz CT molecular complexity index is 881. The molecule has 2 aliphatic rings. The predicted molar refractivity (Wildman–Crippen MR) is 94.0 cm³/mol. The van der Waals surface area contributed by atoms with Gasteiger partial charge < -0.3 is 4.84 Å². The van der Waals surface area contributed by atoms with Gasteiger partial charge in [-0.3, -0.25) is 9.59 Å². The summed E-state index contributed by atoms with van der Waals surface area (Å²) in [4.78, 5) is 43.2. The molecule has 4 rings (SSSR count). The Morgan fingerprint density at radius 1 is 0.963 bits per heavy atom. The molecule has 1 saturated carbocycles. The number of nitrogens with zero attached hydrogens (tertiary/aromatic N) is 1. The second-order valence-electron chi connectivity index (χ2n) is 7.12. The molecule has 2 aromatic rings. The molecule has 0 radical (unpaired) electrons. The van der Waals surface area contributed by atoms with Gasteiger partial charge in [-0.05, 0) is 49.1 Å². The summed E-state index contributed by atoms with van der Waals surface area (Å²) in [7, 11) is 0. The van der Waals surface area contributed by atoms with Crippen molar-refractivity contribution in [2.75, 3.05) is 0 Å². The van der Waals surface area contributed by atoms with E-state index in [4.69, 9.17) is 4.84 Å². The number of halogens is 1. The average Bonchev–Trinajstić information content (AvgIpc) is 3.24. The molecule has 0 spiro atoms. The first-order valence-corrected chi connectivity index (χ1v) is 8.95. The van der Waals surface area contributed by atoms with E-state index in [0.29, 0.717) is 24.3 Å². The lowest BCUT2D eigenvalue weighted by Crippen LogP contribution is -2.40. The van der Waals surface area contributed by atoms with E-state index in [1.54, 1.807) is 24.3 Å². The van der Waals surface area contributed by atoms with Crippen molar-refractivity contribution >= 4 is 17.8 Å². The molecular weight excluding hydrogens is 349 g/mol. The molecule has 1 heterocycles. The molecular formula is C21H18FNO4. The molecule has 138 valence electrons. The van der Waals surface area contributed by atoms with Crippen molar-refractivity contribution in [2.45, 2.75) is 32.1 Å². The molecule has 0 unspecified atom stereocenters. The minimum absolute atomic E-state index is 0.231. The standard InChI is InChI=1S/C21H18FNO4/c22-15-9-7-14(8-10-15)13-21(11-3-4-12-21)20(26)27-23-18(24)16-5-1-2-6-17(16)19(23)25/h1-2,5-10H,3-4,11-13H2. The molecule has 5 nitrogen and oxygen atoms in total. The van der Waals surface area contributed by atoms with Gasteiger partial charge in [0, 0.05) is 0 Å². The minimum atomic E-state index is -0.812. The minimum Gasteiger partial charge on any atom is -0.329 e. The summed E-state index contributed by atoms with van der Waals surface area (Å²) in [6.45, 7) is 0. The smallest absolute Gasteiger partial charge is 0.329 e. The number of hydroxylamine groups is 2. The van der Waals surface area contributed by atoms with Crippen LogP contribution in [0.3, 0.4) is 0 Å². The van der Waals surface area contributed by atoms with Crippen LogP contribution in [0.5, 0.6) is 0 Å². The number of hydrogen-bond acceptors (Lipinski definition) is 4. The lowest BCUT2D eigenvalue weighted by molar-refractivity contribution is -0.181. The normalized spacial score (nSPS) is 17.9. The van der Waals surface area contributed by atoms with Crippen LogP contribution in [0.2, 0.25) is 0 Å². The Labute approximate surface area is 155 Å². The van der Waals surface area contributed by atoms with E-state index in [2.05, 4.69) is 0 Å². The van der Waals surface area contributed by atoms with Crippen molar-refractivity contribution in [3.8, 4) is 0 Å². The Morgan fingerprint density at radius 3 is 2.07 bits per heavy atom. The fraction of sp³-hybridized carbons (Fsp3) is 0.286. The van der Waals surface area contributed by atoms with Crippen LogP contribution in [0.15, 0.2) is 48.5 Å². The Hall–Kier alpha value is -3.02. The molecule has 1 fully saturated rings. The Balaban J connectivity index is 1.56. The van der Waals surface area contributed by atoms with Crippen molar-refractivity contribution in [3.05, 3.63) is 71.0 Å². The first-order chi connectivity index (χ1) is 13.0. The molecule has 6 heteroatoms. The van der Waals surface area contributed by atoms with Gasteiger partial charge in [0.1, 0.15) is 5.82 Å². The number of hydrogen-bond donors (Lipinski definition) is 0. The molecule has 1 aliphatic carbocycles. The highest BCUT2D eigenvalue weighted by molar-refractivity contribution is 6.20. The quantitative estimate of drug-likeness (QED) is 0.774. The number of amides is 2. The fourth-order valence-electron chi connectivity index (χ4n) is 3.93. The lowest BCUT2D eigenvalue weighted by atomic mass is 9.80. The molecule has 2 aromatic carbocycles. The average molecular weight is 367 g/mol. The largest absolute Gasteiger partial charge is 0.339 e. The van der Waals surface area contributed by atoms with Gasteiger partial charge in [-0.25, -0.2) is 9.18 Å². The maximum absolute atomic E-state index is 13.2. The summed E-state index contributed by atoms with van der Waals surface area (Å²) in [5, 5.41) is 0.567. The Kier molecular flexibility index (Phi) is 4.26. The summed E-state index contributed by atoms with van der Waals surface area (Å²) >= 11 is 0. The zero-order valence-corrected chi connectivity index (χ0v) is 14.6. The SMILES string of the molecule is O=C1c2ccccc2C(=O)N1OC(=O)C1(Cc2ccc(F)cc2)CCCC1. The van der Waals surface area contributed by atoms with Gasteiger partial charge in [0.2, 0.25) is 0 Å². The van der Waals surface area contributed by atoms with Crippen molar-refractivity contribution in [1.82, 2.24) is 5.06 Å². The van der Waals surface area contributed by atoms with E-state index in [9.17, 15) is 18.8 Å². The number of benzene rings is 2. The Morgan fingerprint density at radius 2 is 1.52 bits per heavy atom. The molecule has 2 amide bonds. The second-order valence-corrected chi connectivity index (χ2v) is 7.12. The van der Waals surface area contributed by atoms with E-state index in [1.165, 1.54) is 24.3 Å². The number of carbonyl (C=O) groups excluding carboxylic acids is 3. The van der Waals surface area contributed by atoms with Crippen molar-refractivity contribution < 1.29 is 23.6 Å². The number of imide groups is 1. The molecule has 0 saturated heterocycles. The highest BCUT2D eigenvalue weighted by atomic mass is 19.1. The highest BCUT2D eigenvalue weighted by Crippen LogP contribution is 2.42. The van der Waals surface area contributed by atoms with E-state index >= 15 is 0 Å². The molecule has 27 heavy (non-hydrogen) atoms. The summed E-state index contributed by atoms with van der Waals surface area (Å²) < 4.78 is 13.2. The van der Waals surface area contributed by atoms with Crippen molar-refractivity contribution in [1.29, 1.82) is 0 Å². The number of carbonyl (C=O) groups is 3. The summed E-state index contributed by atoms with van der Waals surface area (Å²) in [5.41, 5.74) is 0.467. The predicted octanol–water partition coefficient (Wildman–Crippen LogP) is 3.68. The third kappa shape index (κ3) is 3.01. The number of rotatable bonds is 4. The van der Waals surface area contributed by atoms with Gasteiger partial charge in [-0.15, -0.1) is 0 Å². The monoisotopic (exact) mass is 367 g/mol. The van der Waals surface area contributed by atoms with Crippen LogP contribution in [0.4, 0.5) is 4.39 Å². The van der Waals surface area contributed by atoms with Crippen LogP contribution < -0.4 is 0 Å². The van der Waals surface area contributed by atoms with Crippen molar-refractivity contribution in [3.63, 3.8) is 0 Å². The van der Waals surface area contributed by atoms with Crippen LogP contribution in [-0.2, 0) is 16.1 Å². The van der Waals surface area contributed by atoms with Crippen LogP contribution in [0.1, 0.15) is 52.0 Å². The van der Waals surface area contributed by atoms with Crippen molar-refractivity contribution in [2.24, 2.45) is 5.41 Å². The van der Waals surface area contributed by atoms with Gasteiger partial charge in [0.05, 0.1) is 16.5 Å². The van der Waals surface area contributed by atoms with Gasteiger partial charge in [-0.2, -0.15) is 0 Å². The molecule has 0 bridgehead atoms. The van der Waals surface area contributed by atoms with Gasteiger partial charge in [-0.1, -0.05) is 42.2 Å². The highest BCUT2D eigenvalue weighted by Gasteiger charge is 2.47. The summed E-state index contributed by atoms with van der Waals surface area (Å²) in [6, 6.07) is 12.4. The van der Waals surface area contributed by atoms with Crippen LogP contribution in [0, 0.1) is 11.2 Å². The van der Waals surface area contributed by atoms with Gasteiger partial charge in [0.25, 0.3) is 11.8 Å². The molecule has 0 N–H and O–H groups in total. The third-order valence-electron chi connectivity index (χ3n) is 5.38. The van der Waals surface area contributed by atoms with Gasteiger partial charge >= 0.3 is 5.97 Å². The zero-order valence-electron chi connectivity index (χ0n) is 14.6. The first-order valence-electron chi connectivity index (χ1n) is 8.95. The second kappa shape index (κ2) is 6.61. The zero-order chi connectivity index (χ0) is 19.0. The van der Waals surface area contributed by atoms with Crippen LogP contribution in [-0.4, -0.2) is 22.8 Å². The van der Waals surface area contributed by atoms with Crippen LogP contribution in [0.25, 0.3) is 0 Å². The molecule has 0 aromatic heterocycles. The van der Waals surface area contributed by atoms with Crippen LogP contribution >= 0.6 is 0 Å². The van der Waals surface area contributed by atoms with Gasteiger partial charge in [0.15, 0.2) is 0 Å². The molecule has 0 atom stereocenters. The summed E-state index contributed by atoms with van der Waals surface area (Å²) in [5.74, 6) is -2.18. The maximum Gasteiger partial charge on any atom is 0.339 e.